The Morgan fingerprint density at radius 1 is 1.15 bits per heavy atom. The zero-order valence-electron chi connectivity index (χ0n) is 16.7. The number of halogens is 1. The molecular weight excluding hydrogens is 356 g/mol. The van der Waals surface area contributed by atoms with Gasteiger partial charge in [0.25, 0.3) is 0 Å². The van der Waals surface area contributed by atoms with Crippen molar-refractivity contribution in [2.24, 2.45) is 11.7 Å². The van der Waals surface area contributed by atoms with Crippen molar-refractivity contribution in [1.29, 1.82) is 0 Å². The van der Waals surface area contributed by atoms with E-state index < -0.39 is 0 Å². The number of benzene rings is 1. The molecule has 0 heterocycles. The van der Waals surface area contributed by atoms with E-state index in [1.807, 2.05) is 19.1 Å². The van der Waals surface area contributed by atoms with Gasteiger partial charge in [0, 0.05) is 18.5 Å². The van der Waals surface area contributed by atoms with Gasteiger partial charge in [-0.05, 0) is 43.4 Å². The van der Waals surface area contributed by atoms with Crippen LogP contribution in [0.1, 0.15) is 39.2 Å². The summed E-state index contributed by atoms with van der Waals surface area (Å²) >= 11 is 0. The van der Waals surface area contributed by atoms with Crippen LogP contribution in [-0.2, 0) is 11.2 Å². The molecule has 1 aromatic carbocycles. The van der Waals surface area contributed by atoms with Gasteiger partial charge in [-0.1, -0.05) is 13.8 Å². The third-order valence-electron chi connectivity index (χ3n) is 4.12. The molecule has 150 valence electrons. The molecule has 0 saturated heterocycles. The normalized spacial score (nSPS) is 12.8. The van der Waals surface area contributed by atoms with Crippen LogP contribution >= 0.6 is 12.4 Å². The molecule has 0 bridgehead atoms. The van der Waals surface area contributed by atoms with Crippen LogP contribution in [0.3, 0.4) is 0 Å². The molecular formula is C19H33ClN2O4. The first-order valence-corrected chi connectivity index (χ1v) is 8.58. The maximum Gasteiger partial charge on any atom is 0.220 e. The third kappa shape index (κ3) is 6.92. The fourth-order valence-corrected chi connectivity index (χ4v) is 3.02. The molecule has 1 amide bonds. The molecule has 6 nitrogen and oxygen atoms in total. The number of aryl methyl sites for hydroxylation is 1. The van der Waals surface area contributed by atoms with Crippen LogP contribution in [0, 0.1) is 5.92 Å². The molecule has 0 fully saturated rings. The summed E-state index contributed by atoms with van der Waals surface area (Å²) in [6.07, 6.45) is 1.79. The van der Waals surface area contributed by atoms with Crippen molar-refractivity contribution < 1.29 is 19.0 Å². The third-order valence-corrected chi connectivity index (χ3v) is 4.12. The molecule has 3 N–H and O–H groups in total. The van der Waals surface area contributed by atoms with Crippen LogP contribution in [-0.4, -0.2) is 39.3 Å². The molecule has 0 aliphatic rings. The van der Waals surface area contributed by atoms with Crippen molar-refractivity contribution in [2.45, 2.75) is 45.6 Å². The number of ether oxygens (including phenoxy) is 3. The molecule has 7 heteroatoms. The van der Waals surface area contributed by atoms with E-state index in [0.717, 1.165) is 12.0 Å². The number of carbonyl (C=O) groups excluding carboxylic acids is 1. The number of hydrogen-bond acceptors (Lipinski definition) is 5. The lowest BCUT2D eigenvalue weighted by atomic mass is 9.90. The first-order valence-electron chi connectivity index (χ1n) is 8.58. The lowest BCUT2D eigenvalue weighted by Gasteiger charge is -2.31. The topological polar surface area (TPSA) is 82.8 Å². The van der Waals surface area contributed by atoms with Gasteiger partial charge in [0.2, 0.25) is 11.7 Å². The van der Waals surface area contributed by atoms with Gasteiger partial charge in [0.05, 0.1) is 21.3 Å². The standard InChI is InChI=1S/C19H32N2O4.ClH/c1-13(2)11-19(3,12-20)21-17(22)8-7-14-9-15(23-4)18(25-6)16(10-14)24-5;/h9-10,13H,7-8,11-12,20H2,1-6H3,(H,21,22);1H. The van der Waals surface area contributed by atoms with Gasteiger partial charge < -0.3 is 25.3 Å². The minimum atomic E-state index is -0.374. The molecule has 0 spiro atoms. The zero-order chi connectivity index (χ0) is 19.0. The van der Waals surface area contributed by atoms with E-state index in [9.17, 15) is 4.79 Å². The van der Waals surface area contributed by atoms with Crippen LogP contribution in [0.15, 0.2) is 12.1 Å². The predicted octanol–water partition coefficient (Wildman–Crippen LogP) is 2.95. The summed E-state index contributed by atoms with van der Waals surface area (Å²) < 4.78 is 16.0. The number of nitrogens with one attached hydrogen (secondary N) is 1. The molecule has 26 heavy (non-hydrogen) atoms. The second-order valence-corrected chi connectivity index (χ2v) is 6.94. The smallest absolute Gasteiger partial charge is 0.220 e. The molecule has 1 unspecified atom stereocenters. The van der Waals surface area contributed by atoms with Crippen molar-refractivity contribution >= 4 is 18.3 Å². The van der Waals surface area contributed by atoms with E-state index in [1.165, 1.54) is 0 Å². The summed E-state index contributed by atoms with van der Waals surface area (Å²) in [6.45, 7) is 6.65. The van der Waals surface area contributed by atoms with Crippen molar-refractivity contribution in [1.82, 2.24) is 5.32 Å². The van der Waals surface area contributed by atoms with Crippen LogP contribution in [0.2, 0.25) is 0 Å². The van der Waals surface area contributed by atoms with Gasteiger partial charge in [-0.2, -0.15) is 0 Å². The Hall–Kier alpha value is -1.66. The molecule has 1 atom stereocenters. The van der Waals surface area contributed by atoms with Gasteiger partial charge in [0.15, 0.2) is 11.5 Å². The molecule has 0 radical (unpaired) electrons. The largest absolute Gasteiger partial charge is 0.493 e. The van der Waals surface area contributed by atoms with Crippen LogP contribution in [0.4, 0.5) is 0 Å². The second kappa shape index (κ2) is 11.1. The van der Waals surface area contributed by atoms with Crippen LogP contribution < -0.4 is 25.3 Å². The summed E-state index contributed by atoms with van der Waals surface area (Å²) in [5, 5.41) is 3.07. The number of amides is 1. The number of methoxy groups -OCH3 is 3. The molecule has 1 rings (SSSR count). The van der Waals surface area contributed by atoms with Gasteiger partial charge in [0.1, 0.15) is 0 Å². The van der Waals surface area contributed by atoms with E-state index in [1.54, 1.807) is 21.3 Å². The highest BCUT2D eigenvalue weighted by molar-refractivity contribution is 5.85. The average Bonchev–Trinajstić information content (AvgIpc) is 2.57. The Labute approximate surface area is 163 Å². The highest BCUT2D eigenvalue weighted by atomic mass is 35.5. The van der Waals surface area contributed by atoms with Gasteiger partial charge in [-0.3, -0.25) is 4.79 Å². The molecule has 1 aromatic rings. The minimum Gasteiger partial charge on any atom is -0.493 e. The minimum absolute atomic E-state index is 0. The van der Waals surface area contributed by atoms with Crippen LogP contribution in [0.25, 0.3) is 0 Å². The van der Waals surface area contributed by atoms with E-state index in [-0.39, 0.29) is 23.9 Å². The Morgan fingerprint density at radius 2 is 1.69 bits per heavy atom. The van der Waals surface area contributed by atoms with E-state index in [4.69, 9.17) is 19.9 Å². The first-order chi connectivity index (χ1) is 11.8. The summed E-state index contributed by atoms with van der Waals surface area (Å²) in [5.41, 5.74) is 6.43. The summed E-state index contributed by atoms with van der Waals surface area (Å²) in [7, 11) is 4.72. The van der Waals surface area contributed by atoms with Crippen molar-refractivity contribution in [2.75, 3.05) is 27.9 Å². The Morgan fingerprint density at radius 3 is 2.08 bits per heavy atom. The Bertz CT molecular complexity index is 556. The van der Waals surface area contributed by atoms with E-state index in [0.29, 0.717) is 42.6 Å². The molecule has 0 aliphatic heterocycles. The highest BCUT2D eigenvalue weighted by Gasteiger charge is 2.25. The maximum absolute atomic E-state index is 12.4. The second-order valence-electron chi connectivity index (χ2n) is 6.94. The first kappa shape index (κ1) is 24.3. The van der Waals surface area contributed by atoms with Gasteiger partial charge >= 0.3 is 0 Å². The Kier molecular flexibility index (Phi) is 10.4. The monoisotopic (exact) mass is 388 g/mol. The SMILES string of the molecule is COc1cc(CCC(=O)NC(C)(CN)CC(C)C)cc(OC)c1OC.Cl. The lowest BCUT2D eigenvalue weighted by Crippen LogP contribution is -2.52. The lowest BCUT2D eigenvalue weighted by molar-refractivity contribution is -0.122. The van der Waals surface area contributed by atoms with Crippen molar-refractivity contribution in [3.63, 3.8) is 0 Å². The number of nitrogens with two attached hydrogens (primary N) is 1. The van der Waals surface area contributed by atoms with Crippen molar-refractivity contribution in [3.05, 3.63) is 17.7 Å². The van der Waals surface area contributed by atoms with E-state index >= 15 is 0 Å². The molecule has 0 saturated carbocycles. The van der Waals surface area contributed by atoms with E-state index in [2.05, 4.69) is 19.2 Å². The van der Waals surface area contributed by atoms with Gasteiger partial charge in [-0.25, -0.2) is 0 Å². The average molecular weight is 389 g/mol. The number of carbonyl (C=O) groups is 1. The fraction of sp³-hybridized carbons (Fsp3) is 0.632. The fourth-order valence-electron chi connectivity index (χ4n) is 3.02. The Balaban J connectivity index is 0.00000625. The number of rotatable bonds is 10. The quantitative estimate of drug-likeness (QED) is 0.643. The van der Waals surface area contributed by atoms with Crippen LogP contribution in [0.5, 0.6) is 17.2 Å². The van der Waals surface area contributed by atoms with Crippen molar-refractivity contribution in [3.8, 4) is 17.2 Å². The number of hydrogen-bond donors (Lipinski definition) is 2. The zero-order valence-corrected chi connectivity index (χ0v) is 17.5. The molecule has 0 aromatic heterocycles. The summed E-state index contributed by atoms with van der Waals surface area (Å²) in [6, 6.07) is 3.73. The summed E-state index contributed by atoms with van der Waals surface area (Å²) in [4.78, 5) is 12.4. The predicted molar refractivity (Wildman–Crippen MR) is 107 cm³/mol. The molecule has 0 aliphatic carbocycles. The highest BCUT2D eigenvalue weighted by Crippen LogP contribution is 2.38. The van der Waals surface area contributed by atoms with Gasteiger partial charge in [-0.15, -0.1) is 12.4 Å². The summed E-state index contributed by atoms with van der Waals surface area (Å²) in [5.74, 6) is 2.17. The maximum atomic E-state index is 12.4.